The van der Waals surface area contributed by atoms with Crippen molar-refractivity contribution in [1.29, 1.82) is 0 Å². The molecule has 3 nitrogen and oxygen atoms in total. The predicted octanol–water partition coefficient (Wildman–Crippen LogP) is 3.77. The van der Waals surface area contributed by atoms with E-state index in [-0.39, 0.29) is 6.04 Å². The molecule has 106 valence electrons. The third-order valence-electron chi connectivity index (χ3n) is 3.29. The number of anilines is 1. The topological polar surface area (TPSA) is 47.3 Å². The number of hydrogen-bond acceptors (Lipinski definition) is 3. The van der Waals surface area contributed by atoms with Gasteiger partial charge in [-0.25, -0.2) is 0 Å². The summed E-state index contributed by atoms with van der Waals surface area (Å²) in [6, 6.07) is 13.9. The summed E-state index contributed by atoms with van der Waals surface area (Å²) in [5.74, 6) is 0.669. The smallest absolute Gasteiger partial charge is 0.137 e. The molecule has 2 aromatic rings. The van der Waals surface area contributed by atoms with Crippen LogP contribution in [0.5, 0.6) is 5.75 Å². The largest absolute Gasteiger partial charge is 0.495 e. The summed E-state index contributed by atoms with van der Waals surface area (Å²) in [6.07, 6.45) is 0. The molecule has 1 unspecified atom stereocenters. The number of aryl methyl sites for hydroxylation is 1. The Bertz CT molecular complexity index is 586. The zero-order valence-electron chi connectivity index (χ0n) is 11.7. The van der Waals surface area contributed by atoms with Gasteiger partial charge in [0.1, 0.15) is 5.75 Å². The van der Waals surface area contributed by atoms with E-state index in [1.165, 1.54) is 5.56 Å². The zero-order valence-corrected chi connectivity index (χ0v) is 12.4. The van der Waals surface area contributed by atoms with E-state index in [2.05, 4.69) is 18.3 Å². The van der Waals surface area contributed by atoms with Gasteiger partial charge < -0.3 is 15.8 Å². The third kappa shape index (κ3) is 3.24. The maximum absolute atomic E-state index is 6.17. The Kier molecular flexibility index (Phi) is 4.88. The normalized spacial score (nSPS) is 12.0. The van der Waals surface area contributed by atoms with Crippen LogP contribution in [0.1, 0.15) is 17.2 Å². The van der Waals surface area contributed by atoms with E-state index in [0.29, 0.717) is 17.3 Å². The molecular weight excluding hydrogens is 272 g/mol. The van der Waals surface area contributed by atoms with E-state index in [1.54, 1.807) is 7.11 Å². The van der Waals surface area contributed by atoms with Crippen molar-refractivity contribution in [3.05, 3.63) is 58.6 Å². The van der Waals surface area contributed by atoms with Crippen LogP contribution in [-0.2, 0) is 0 Å². The molecule has 0 aliphatic carbocycles. The first kappa shape index (κ1) is 14.7. The Labute approximate surface area is 124 Å². The van der Waals surface area contributed by atoms with Gasteiger partial charge in [-0.05, 0) is 36.2 Å². The number of nitrogens with one attached hydrogen (secondary N) is 1. The molecule has 2 rings (SSSR count). The average Bonchev–Trinajstić information content (AvgIpc) is 2.46. The third-order valence-corrected chi connectivity index (χ3v) is 3.58. The van der Waals surface area contributed by atoms with Gasteiger partial charge >= 0.3 is 0 Å². The van der Waals surface area contributed by atoms with Crippen molar-refractivity contribution >= 4 is 17.3 Å². The summed E-state index contributed by atoms with van der Waals surface area (Å²) in [5, 5.41) is 4.05. The van der Waals surface area contributed by atoms with E-state index in [9.17, 15) is 0 Å². The molecule has 0 saturated carbocycles. The van der Waals surface area contributed by atoms with Crippen LogP contribution in [0.15, 0.2) is 42.5 Å². The number of halogens is 1. The van der Waals surface area contributed by atoms with Crippen LogP contribution in [0.25, 0.3) is 0 Å². The highest BCUT2D eigenvalue weighted by atomic mass is 35.5. The van der Waals surface area contributed by atoms with Crippen LogP contribution in [0, 0.1) is 6.92 Å². The van der Waals surface area contributed by atoms with Gasteiger partial charge in [-0.3, -0.25) is 0 Å². The van der Waals surface area contributed by atoms with Crippen molar-refractivity contribution < 1.29 is 4.74 Å². The van der Waals surface area contributed by atoms with Gasteiger partial charge in [0.25, 0.3) is 0 Å². The summed E-state index contributed by atoms with van der Waals surface area (Å²) in [4.78, 5) is 0. The van der Waals surface area contributed by atoms with Gasteiger partial charge in [-0.15, -0.1) is 0 Å². The van der Waals surface area contributed by atoms with E-state index < -0.39 is 0 Å². The van der Waals surface area contributed by atoms with E-state index in [4.69, 9.17) is 22.1 Å². The Hall–Kier alpha value is -1.71. The molecule has 0 fully saturated rings. The van der Waals surface area contributed by atoms with Gasteiger partial charge in [0.2, 0.25) is 0 Å². The van der Waals surface area contributed by atoms with Crippen LogP contribution >= 0.6 is 11.6 Å². The lowest BCUT2D eigenvalue weighted by molar-refractivity contribution is 0.415. The number of benzene rings is 2. The molecule has 0 saturated heterocycles. The zero-order chi connectivity index (χ0) is 14.5. The number of rotatable bonds is 5. The van der Waals surface area contributed by atoms with E-state index >= 15 is 0 Å². The van der Waals surface area contributed by atoms with Crippen molar-refractivity contribution in [2.24, 2.45) is 5.73 Å². The van der Waals surface area contributed by atoms with Gasteiger partial charge in [-0.2, -0.15) is 0 Å². The Morgan fingerprint density at radius 2 is 2.00 bits per heavy atom. The highest BCUT2D eigenvalue weighted by molar-refractivity contribution is 6.32. The van der Waals surface area contributed by atoms with Crippen LogP contribution in [0.4, 0.5) is 5.69 Å². The second kappa shape index (κ2) is 6.64. The van der Waals surface area contributed by atoms with Gasteiger partial charge in [0.05, 0.1) is 18.2 Å². The van der Waals surface area contributed by atoms with Gasteiger partial charge in [0.15, 0.2) is 0 Å². The fourth-order valence-corrected chi connectivity index (χ4v) is 2.37. The Balaban J connectivity index is 2.24. The lowest BCUT2D eigenvalue weighted by Crippen LogP contribution is -2.21. The minimum absolute atomic E-state index is 0.0134. The second-order valence-electron chi connectivity index (χ2n) is 4.64. The summed E-state index contributed by atoms with van der Waals surface area (Å²) in [7, 11) is 1.60. The maximum atomic E-state index is 6.17. The Morgan fingerprint density at radius 3 is 2.60 bits per heavy atom. The molecule has 0 spiro atoms. The maximum Gasteiger partial charge on any atom is 0.137 e. The number of methoxy groups -OCH3 is 1. The highest BCUT2D eigenvalue weighted by Gasteiger charge is 2.12. The predicted molar refractivity (Wildman–Crippen MR) is 84.6 cm³/mol. The number of hydrogen-bond donors (Lipinski definition) is 2. The molecule has 20 heavy (non-hydrogen) atoms. The lowest BCUT2D eigenvalue weighted by atomic mass is 10.1. The first-order valence-electron chi connectivity index (χ1n) is 6.51. The molecular formula is C16H19ClN2O. The molecule has 0 aromatic heterocycles. The van der Waals surface area contributed by atoms with Crippen LogP contribution < -0.4 is 15.8 Å². The van der Waals surface area contributed by atoms with E-state index in [1.807, 2.05) is 36.4 Å². The molecule has 0 bridgehead atoms. The van der Waals surface area contributed by atoms with Crippen molar-refractivity contribution in [3.63, 3.8) is 0 Å². The average molecular weight is 291 g/mol. The molecule has 0 radical (unpaired) electrons. The monoisotopic (exact) mass is 290 g/mol. The quantitative estimate of drug-likeness (QED) is 0.881. The molecule has 3 N–H and O–H groups in total. The second-order valence-corrected chi connectivity index (χ2v) is 5.05. The molecule has 1 atom stereocenters. The molecule has 0 aliphatic rings. The molecule has 4 heteroatoms. The fourth-order valence-electron chi connectivity index (χ4n) is 2.10. The molecule has 0 aliphatic heterocycles. The summed E-state index contributed by atoms with van der Waals surface area (Å²) < 4.78 is 5.17. The SMILES string of the molecule is COc1ccc(C(CN)Nc2ccccc2C)cc1Cl. The number of para-hydroxylation sites is 1. The minimum atomic E-state index is 0.0134. The van der Waals surface area contributed by atoms with Crippen LogP contribution in [0.2, 0.25) is 5.02 Å². The first-order valence-corrected chi connectivity index (χ1v) is 6.89. The summed E-state index contributed by atoms with van der Waals surface area (Å²) in [5.41, 5.74) is 9.19. The molecule has 0 amide bonds. The van der Waals surface area contributed by atoms with Crippen molar-refractivity contribution in [2.45, 2.75) is 13.0 Å². The minimum Gasteiger partial charge on any atom is -0.495 e. The van der Waals surface area contributed by atoms with Crippen LogP contribution in [-0.4, -0.2) is 13.7 Å². The molecule has 2 aromatic carbocycles. The number of nitrogens with two attached hydrogens (primary N) is 1. The fraction of sp³-hybridized carbons (Fsp3) is 0.250. The van der Waals surface area contributed by atoms with E-state index in [0.717, 1.165) is 11.3 Å². The van der Waals surface area contributed by atoms with Gasteiger partial charge in [0, 0.05) is 12.2 Å². The standard InChI is InChI=1S/C16H19ClN2O/c1-11-5-3-4-6-14(11)19-15(10-18)12-7-8-16(20-2)13(17)9-12/h3-9,15,19H,10,18H2,1-2H3. The summed E-state index contributed by atoms with van der Waals surface area (Å²) in [6.45, 7) is 2.55. The Morgan fingerprint density at radius 1 is 1.25 bits per heavy atom. The first-order chi connectivity index (χ1) is 9.65. The van der Waals surface area contributed by atoms with Crippen molar-refractivity contribution in [2.75, 3.05) is 19.0 Å². The van der Waals surface area contributed by atoms with Crippen molar-refractivity contribution in [3.8, 4) is 5.75 Å². The highest BCUT2D eigenvalue weighted by Crippen LogP contribution is 2.29. The summed E-state index contributed by atoms with van der Waals surface area (Å²) >= 11 is 6.17. The lowest BCUT2D eigenvalue weighted by Gasteiger charge is -2.20. The number of ether oxygens (including phenoxy) is 1. The van der Waals surface area contributed by atoms with Crippen molar-refractivity contribution in [1.82, 2.24) is 0 Å². The molecule has 0 heterocycles. The van der Waals surface area contributed by atoms with Crippen LogP contribution in [0.3, 0.4) is 0 Å². The van der Waals surface area contributed by atoms with Gasteiger partial charge in [-0.1, -0.05) is 35.9 Å².